The summed E-state index contributed by atoms with van der Waals surface area (Å²) in [6.07, 6.45) is 1.97. The summed E-state index contributed by atoms with van der Waals surface area (Å²) < 4.78 is 0. The summed E-state index contributed by atoms with van der Waals surface area (Å²) in [4.78, 5) is 8.01. The third-order valence-corrected chi connectivity index (χ3v) is 5.17. The molecule has 1 heterocycles. The molecule has 1 N–H and O–H groups in total. The Labute approximate surface area is 136 Å². The zero-order valence-corrected chi connectivity index (χ0v) is 14.5. The fraction of sp³-hybridized carbons (Fsp3) is 0.438. The highest BCUT2D eigenvalue weighted by atomic mass is 35.5. The number of halogens is 1. The molecule has 0 saturated carbocycles. The molecular formula is C16H22ClN3S. The zero-order chi connectivity index (χ0) is 15.4. The first kappa shape index (κ1) is 16.3. The van der Waals surface area contributed by atoms with E-state index in [1.54, 1.807) is 11.3 Å². The number of nitrogens with zero attached hydrogens (tertiary/aromatic N) is 2. The first-order valence-corrected chi connectivity index (χ1v) is 8.39. The second-order valence-corrected chi connectivity index (χ2v) is 6.64. The molecular weight excluding hydrogens is 302 g/mol. The average Bonchev–Trinajstić information content (AvgIpc) is 2.96. The van der Waals surface area contributed by atoms with Gasteiger partial charge in [0.05, 0.1) is 6.04 Å². The Morgan fingerprint density at radius 1 is 1.38 bits per heavy atom. The third kappa shape index (κ3) is 3.96. The van der Waals surface area contributed by atoms with Crippen molar-refractivity contribution in [1.82, 2.24) is 10.3 Å². The minimum Gasteiger partial charge on any atom is -0.344 e. The number of aromatic nitrogens is 1. The maximum Gasteiger partial charge on any atom is 0.185 e. The van der Waals surface area contributed by atoms with Crippen LogP contribution in [0.5, 0.6) is 0 Å². The van der Waals surface area contributed by atoms with Crippen LogP contribution in [-0.4, -0.2) is 18.6 Å². The topological polar surface area (TPSA) is 28.2 Å². The van der Waals surface area contributed by atoms with E-state index in [0.717, 1.165) is 16.7 Å². The Morgan fingerprint density at radius 2 is 2.14 bits per heavy atom. The van der Waals surface area contributed by atoms with Gasteiger partial charge in [-0.2, -0.15) is 0 Å². The van der Waals surface area contributed by atoms with Gasteiger partial charge < -0.3 is 10.2 Å². The van der Waals surface area contributed by atoms with Crippen LogP contribution in [0.4, 0.5) is 5.13 Å². The first-order valence-electron chi connectivity index (χ1n) is 7.20. The Kier molecular flexibility index (Phi) is 5.62. The van der Waals surface area contributed by atoms with Crippen molar-refractivity contribution in [3.8, 4) is 0 Å². The summed E-state index contributed by atoms with van der Waals surface area (Å²) in [5.41, 5.74) is 1.20. The van der Waals surface area contributed by atoms with Gasteiger partial charge in [0, 0.05) is 29.2 Å². The molecule has 2 atom stereocenters. The molecule has 1 aromatic heterocycles. The van der Waals surface area contributed by atoms with Crippen LogP contribution in [0.1, 0.15) is 43.3 Å². The van der Waals surface area contributed by atoms with E-state index in [-0.39, 0.29) is 6.04 Å². The second kappa shape index (κ2) is 7.25. The van der Waals surface area contributed by atoms with Gasteiger partial charge in [-0.15, -0.1) is 11.3 Å². The number of rotatable bonds is 6. The van der Waals surface area contributed by atoms with Crippen LogP contribution in [0.25, 0.3) is 0 Å². The smallest absolute Gasteiger partial charge is 0.185 e. The van der Waals surface area contributed by atoms with Gasteiger partial charge in [-0.1, -0.05) is 30.7 Å². The second-order valence-electron chi connectivity index (χ2n) is 5.17. The van der Waals surface area contributed by atoms with Gasteiger partial charge in [-0.25, -0.2) is 4.98 Å². The number of hydrogen-bond acceptors (Lipinski definition) is 4. The molecule has 0 spiro atoms. The highest BCUT2D eigenvalue weighted by Crippen LogP contribution is 2.32. The lowest BCUT2D eigenvalue weighted by Gasteiger charge is -2.24. The molecule has 0 amide bonds. The minimum absolute atomic E-state index is 0.233. The highest BCUT2D eigenvalue weighted by molar-refractivity contribution is 7.15. The summed E-state index contributed by atoms with van der Waals surface area (Å²) >= 11 is 7.82. The van der Waals surface area contributed by atoms with Crippen molar-refractivity contribution in [3.63, 3.8) is 0 Å². The Bertz CT molecular complexity index is 584. The molecule has 0 saturated heterocycles. The molecule has 0 aliphatic heterocycles. The van der Waals surface area contributed by atoms with E-state index in [9.17, 15) is 0 Å². The molecule has 2 unspecified atom stereocenters. The molecule has 21 heavy (non-hydrogen) atoms. The van der Waals surface area contributed by atoms with E-state index < -0.39 is 0 Å². The van der Waals surface area contributed by atoms with Crippen LogP contribution >= 0.6 is 22.9 Å². The molecule has 0 fully saturated rings. The van der Waals surface area contributed by atoms with Crippen molar-refractivity contribution in [3.05, 3.63) is 45.9 Å². The monoisotopic (exact) mass is 323 g/mol. The third-order valence-electron chi connectivity index (χ3n) is 3.66. The highest BCUT2D eigenvalue weighted by Gasteiger charge is 2.17. The predicted molar refractivity (Wildman–Crippen MR) is 92.5 cm³/mol. The van der Waals surface area contributed by atoms with E-state index in [1.165, 1.54) is 10.4 Å². The molecule has 2 rings (SSSR count). The lowest BCUT2D eigenvalue weighted by molar-refractivity contribution is 0.606. The van der Waals surface area contributed by atoms with Crippen LogP contribution in [0.15, 0.2) is 30.5 Å². The quantitative estimate of drug-likeness (QED) is 0.837. The summed E-state index contributed by atoms with van der Waals surface area (Å²) in [5.74, 6) is 0. The molecule has 5 heteroatoms. The number of hydrogen-bond donors (Lipinski definition) is 1. The van der Waals surface area contributed by atoms with Crippen LogP contribution < -0.4 is 10.2 Å². The van der Waals surface area contributed by atoms with Gasteiger partial charge >= 0.3 is 0 Å². The number of benzene rings is 1. The van der Waals surface area contributed by atoms with Crippen LogP contribution in [0, 0.1) is 0 Å². The molecule has 0 aliphatic rings. The van der Waals surface area contributed by atoms with Crippen molar-refractivity contribution in [2.75, 3.05) is 18.5 Å². The average molecular weight is 324 g/mol. The molecule has 2 aromatic rings. The molecule has 0 bridgehead atoms. The Morgan fingerprint density at radius 3 is 2.81 bits per heavy atom. The van der Waals surface area contributed by atoms with E-state index in [0.29, 0.717) is 6.04 Å². The molecule has 0 aliphatic carbocycles. The maximum atomic E-state index is 6.08. The standard InChI is InChI=1S/C16H22ClN3S/c1-5-18-11(2)15-10-19-16(21-15)20(4)12(3)13-7-6-8-14(17)9-13/h6-12,18H,5H2,1-4H3. The van der Waals surface area contributed by atoms with Gasteiger partial charge in [0.25, 0.3) is 0 Å². The summed E-state index contributed by atoms with van der Waals surface area (Å²) in [6, 6.07) is 8.58. The van der Waals surface area contributed by atoms with Crippen molar-refractivity contribution in [2.24, 2.45) is 0 Å². The van der Waals surface area contributed by atoms with Gasteiger partial charge in [0.15, 0.2) is 5.13 Å². The van der Waals surface area contributed by atoms with E-state index >= 15 is 0 Å². The van der Waals surface area contributed by atoms with Gasteiger partial charge in [-0.05, 0) is 38.1 Å². The van der Waals surface area contributed by atoms with Crippen molar-refractivity contribution >= 4 is 28.1 Å². The molecule has 114 valence electrons. The fourth-order valence-electron chi connectivity index (χ4n) is 2.20. The SMILES string of the molecule is CCNC(C)c1cnc(N(C)C(C)c2cccc(Cl)c2)s1. The largest absolute Gasteiger partial charge is 0.344 e. The maximum absolute atomic E-state index is 6.08. The van der Waals surface area contributed by atoms with Crippen LogP contribution in [-0.2, 0) is 0 Å². The number of thiazole rings is 1. The number of anilines is 1. The summed E-state index contributed by atoms with van der Waals surface area (Å²) in [7, 11) is 2.08. The van der Waals surface area contributed by atoms with Gasteiger partial charge in [0.2, 0.25) is 0 Å². The lowest BCUT2D eigenvalue weighted by Crippen LogP contribution is -2.21. The van der Waals surface area contributed by atoms with E-state index in [2.05, 4.69) is 49.1 Å². The van der Waals surface area contributed by atoms with Crippen LogP contribution in [0.3, 0.4) is 0 Å². The normalized spacial score (nSPS) is 14.0. The number of nitrogens with one attached hydrogen (secondary N) is 1. The van der Waals surface area contributed by atoms with Crippen molar-refractivity contribution in [1.29, 1.82) is 0 Å². The fourth-order valence-corrected chi connectivity index (χ4v) is 3.39. The van der Waals surface area contributed by atoms with E-state index in [4.69, 9.17) is 11.6 Å². The minimum atomic E-state index is 0.233. The van der Waals surface area contributed by atoms with Gasteiger partial charge in [0.1, 0.15) is 0 Å². The Balaban J connectivity index is 2.14. The van der Waals surface area contributed by atoms with Crippen LogP contribution in [0.2, 0.25) is 5.02 Å². The zero-order valence-electron chi connectivity index (χ0n) is 12.9. The first-order chi connectivity index (χ1) is 10.0. The molecule has 1 aromatic carbocycles. The van der Waals surface area contributed by atoms with Crippen molar-refractivity contribution < 1.29 is 0 Å². The summed E-state index contributed by atoms with van der Waals surface area (Å²) in [5, 5.41) is 5.22. The Hall–Kier alpha value is -1.10. The van der Waals surface area contributed by atoms with Gasteiger partial charge in [-0.3, -0.25) is 0 Å². The summed E-state index contributed by atoms with van der Waals surface area (Å²) in [6.45, 7) is 7.41. The molecule has 0 radical (unpaired) electrons. The molecule has 3 nitrogen and oxygen atoms in total. The van der Waals surface area contributed by atoms with Crippen molar-refractivity contribution in [2.45, 2.75) is 32.9 Å². The lowest BCUT2D eigenvalue weighted by atomic mass is 10.1. The van der Waals surface area contributed by atoms with E-state index in [1.807, 2.05) is 24.4 Å². The predicted octanol–water partition coefficient (Wildman–Crippen LogP) is 4.66.